The van der Waals surface area contributed by atoms with Gasteiger partial charge >= 0.3 is 5.97 Å². The van der Waals surface area contributed by atoms with Crippen molar-refractivity contribution in [3.63, 3.8) is 0 Å². The van der Waals surface area contributed by atoms with Crippen LogP contribution < -0.4 is 14.2 Å². The van der Waals surface area contributed by atoms with Crippen LogP contribution >= 0.6 is 0 Å². The van der Waals surface area contributed by atoms with Gasteiger partial charge in [0, 0.05) is 22.0 Å². The van der Waals surface area contributed by atoms with E-state index in [-0.39, 0.29) is 0 Å². The van der Waals surface area contributed by atoms with Gasteiger partial charge in [0.2, 0.25) is 5.75 Å². The van der Waals surface area contributed by atoms with Crippen molar-refractivity contribution in [3.05, 3.63) is 23.3 Å². The average Bonchev–Trinajstić information content (AvgIpc) is 2.66. The van der Waals surface area contributed by atoms with Crippen LogP contribution in [0.2, 0.25) is 51.9 Å². The van der Waals surface area contributed by atoms with Gasteiger partial charge in [0.15, 0.2) is 33.9 Å². The van der Waals surface area contributed by atoms with E-state index in [0.29, 0.717) is 44.3 Å². The first kappa shape index (κ1) is 28.4. The molecule has 0 saturated heterocycles. The molecule has 7 nitrogen and oxygen atoms in total. The van der Waals surface area contributed by atoms with E-state index < -0.39 is 28.4 Å². The van der Waals surface area contributed by atoms with Crippen LogP contribution in [0.1, 0.15) is 17.5 Å². The molecule has 1 N–H and O–H groups in total. The second kappa shape index (κ2) is 11.5. The number of hydrogen-bond donors (Lipinski definition) is 1. The Morgan fingerprint density at radius 1 is 1.00 bits per heavy atom. The first-order chi connectivity index (χ1) is 14.7. The van der Waals surface area contributed by atoms with Crippen molar-refractivity contribution < 1.29 is 33.0 Å². The number of hydrogen-bond acceptors (Lipinski definition) is 6. The molecule has 0 amide bonds. The van der Waals surface area contributed by atoms with Gasteiger partial charge in [-0.05, 0) is 57.0 Å². The first-order valence-corrected chi connectivity index (χ1v) is 19.1. The predicted molar refractivity (Wildman–Crippen MR) is 134 cm³/mol. The van der Waals surface area contributed by atoms with Crippen LogP contribution in [-0.2, 0) is 19.4 Å². The Labute approximate surface area is 197 Å². The third kappa shape index (κ3) is 7.77. The highest BCUT2D eigenvalue weighted by Crippen LogP contribution is 2.51. The van der Waals surface area contributed by atoms with Gasteiger partial charge in [0.1, 0.15) is 0 Å². The summed E-state index contributed by atoms with van der Waals surface area (Å²) in [6.45, 7) is 14.8. The van der Waals surface area contributed by atoms with Gasteiger partial charge in [-0.3, -0.25) is 0 Å². The lowest BCUT2D eigenvalue weighted by Gasteiger charge is -2.44. The number of benzene rings is 1. The highest BCUT2D eigenvalue weighted by molar-refractivity contribution is 6.71. The Bertz CT molecular complexity index is 795. The normalized spacial score (nSPS) is 12.8. The molecule has 1 aromatic carbocycles. The van der Waals surface area contributed by atoms with Gasteiger partial charge in [0.05, 0.1) is 26.9 Å². The standard InChI is InChI=1S/C22H38O7Si3/c1-25-17-15-16(11-12-18(23)24)19(21(27-3)20(17)26-2)22(13-14-30-4,28-31(5,6)7)29-32(8,9)10/h11-12,15H,13-14H2,1-10H3,(H,23,24). The minimum absolute atomic E-state index is 0.416. The van der Waals surface area contributed by atoms with E-state index >= 15 is 0 Å². The maximum Gasteiger partial charge on any atom is 0.328 e. The number of methoxy groups -OCH3 is 3. The number of ether oxygens (including phenoxy) is 3. The van der Waals surface area contributed by atoms with E-state index in [1.165, 1.54) is 13.2 Å². The molecule has 0 unspecified atom stereocenters. The molecule has 1 aromatic rings. The number of carboxylic acids is 1. The molecule has 2 radical (unpaired) electrons. The molecule has 0 spiro atoms. The van der Waals surface area contributed by atoms with E-state index in [2.05, 4.69) is 45.8 Å². The zero-order valence-corrected chi connectivity index (χ0v) is 24.0. The number of aliphatic carboxylic acids is 1. The highest BCUT2D eigenvalue weighted by atomic mass is 28.4. The predicted octanol–water partition coefficient (Wildman–Crippen LogP) is 5.23. The van der Waals surface area contributed by atoms with Gasteiger partial charge in [0.25, 0.3) is 0 Å². The van der Waals surface area contributed by atoms with Crippen LogP contribution in [0.25, 0.3) is 6.08 Å². The topological polar surface area (TPSA) is 83.5 Å². The minimum atomic E-state index is -2.15. The summed E-state index contributed by atoms with van der Waals surface area (Å²) in [6, 6.07) is 2.63. The van der Waals surface area contributed by atoms with E-state index in [1.807, 2.05) is 0 Å². The third-order valence-electron chi connectivity index (χ3n) is 4.29. The Kier molecular flexibility index (Phi) is 10.2. The lowest BCUT2D eigenvalue weighted by molar-refractivity contribution is -0.139. The summed E-state index contributed by atoms with van der Waals surface area (Å²) in [5, 5.41) is 9.31. The Morgan fingerprint density at radius 3 is 1.91 bits per heavy atom. The van der Waals surface area contributed by atoms with Gasteiger partial charge in [-0.25, -0.2) is 4.79 Å². The quantitative estimate of drug-likeness (QED) is 0.226. The summed E-state index contributed by atoms with van der Waals surface area (Å²) in [5.74, 6) is -0.888. The molecule has 0 aliphatic heterocycles. The smallest absolute Gasteiger partial charge is 0.328 e. The third-order valence-corrected chi connectivity index (χ3v) is 6.93. The molecule has 1 rings (SSSR count). The van der Waals surface area contributed by atoms with Crippen molar-refractivity contribution in [2.75, 3.05) is 21.3 Å². The van der Waals surface area contributed by atoms with Crippen LogP contribution in [0.4, 0.5) is 0 Å². The second-order valence-electron chi connectivity index (χ2n) is 9.32. The fourth-order valence-corrected chi connectivity index (χ4v) is 6.62. The Morgan fingerprint density at radius 2 is 1.53 bits per heavy atom. The van der Waals surface area contributed by atoms with Crippen LogP contribution in [0.3, 0.4) is 0 Å². The lowest BCUT2D eigenvalue weighted by atomic mass is 9.94. The van der Waals surface area contributed by atoms with Crippen molar-refractivity contribution in [2.24, 2.45) is 0 Å². The van der Waals surface area contributed by atoms with Crippen LogP contribution in [-0.4, -0.2) is 58.6 Å². The second-order valence-corrected chi connectivity index (χ2v) is 19.4. The number of carbonyl (C=O) groups is 1. The molecule has 0 fully saturated rings. The minimum Gasteiger partial charge on any atom is -0.493 e. The molecule has 0 atom stereocenters. The summed E-state index contributed by atoms with van der Waals surface area (Å²) in [5.41, 5.74) is 1.23. The molecule has 0 saturated carbocycles. The van der Waals surface area contributed by atoms with Gasteiger partial charge in [-0.1, -0.05) is 12.6 Å². The van der Waals surface area contributed by atoms with Crippen molar-refractivity contribution in [1.82, 2.24) is 0 Å². The molecular weight excluding hydrogens is 460 g/mol. The van der Waals surface area contributed by atoms with E-state index in [0.717, 1.165) is 12.1 Å². The van der Waals surface area contributed by atoms with E-state index in [9.17, 15) is 9.90 Å². The first-order valence-electron chi connectivity index (χ1n) is 10.5. The molecule has 10 heteroatoms. The molecule has 180 valence electrons. The van der Waals surface area contributed by atoms with Crippen LogP contribution in [0, 0.1) is 0 Å². The molecule has 0 aliphatic rings. The molecule has 0 heterocycles. The van der Waals surface area contributed by atoms with Gasteiger partial charge in [-0.2, -0.15) is 0 Å². The molecule has 0 aromatic heterocycles. The molecule has 0 aliphatic carbocycles. The zero-order valence-electron chi connectivity index (χ0n) is 21.0. The molecule has 32 heavy (non-hydrogen) atoms. The summed E-state index contributed by atoms with van der Waals surface area (Å²) in [6.07, 6.45) is 3.24. The summed E-state index contributed by atoms with van der Waals surface area (Å²) < 4.78 is 30.8. The Balaban J connectivity index is 4.16. The summed E-state index contributed by atoms with van der Waals surface area (Å²) >= 11 is 0. The zero-order chi connectivity index (χ0) is 24.7. The van der Waals surface area contributed by atoms with E-state index in [1.54, 1.807) is 20.3 Å². The SMILES string of the molecule is COc1cc(C=CC(=O)O)c(C(CC[Si]C)(O[Si](C)(C)C)O[Si](C)(C)C)c(OC)c1OC. The Hall–Kier alpha value is -1.60. The maximum atomic E-state index is 11.4. The van der Waals surface area contributed by atoms with Gasteiger partial charge < -0.3 is 28.2 Å². The largest absolute Gasteiger partial charge is 0.493 e. The highest BCUT2D eigenvalue weighted by Gasteiger charge is 2.46. The van der Waals surface area contributed by atoms with E-state index in [4.69, 9.17) is 23.1 Å². The van der Waals surface area contributed by atoms with Crippen molar-refractivity contribution >= 4 is 38.2 Å². The average molecular weight is 499 g/mol. The monoisotopic (exact) mass is 498 g/mol. The van der Waals surface area contributed by atoms with Crippen molar-refractivity contribution in [2.45, 2.75) is 64.1 Å². The fraction of sp³-hybridized carbons (Fsp3) is 0.591. The lowest BCUT2D eigenvalue weighted by Crippen LogP contribution is -2.49. The van der Waals surface area contributed by atoms with Crippen LogP contribution in [0.5, 0.6) is 17.2 Å². The van der Waals surface area contributed by atoms with Gasteiger partial charge in [-0.15, -0.1) is 0 Å². The summed E-state index contributed by atoms with van der Waals surface area (Å²) in [4.78, 5) is 11.4. The number of rotatable bonds is 13. The maximum absolute atomic E-state index is 11.4. The molecule has 0 bridgehead atoms. The van der Waals surface area contributed by atoms with Crippen molar-refractivity contribution in [3.8, 4) is 17.2 Å². The fourth-order valence-electron chi connectivity index (χ4n) is 3.49. The van der Waals surface area contributed by atoms with Crippen molar-refractivity contribution in [1.29, 1.82) is 0 Å². The van der Waals surface area contributed by atoms with Crippen LogP contribution in [0.15, 0.2) is 12.1 Å². The molecular formula is C22H38O7Si3. The number of carboxylic acid groups (broad SMARTS) is 1. The summed E-state index contributed by atoms with van der Waals surface area (Å²) in [7, 11) is 1.04.